The zero-order chi connectivity index (χ0) is 20.0. The molecular weight excluding hydrogens is 392 g/mol. The molecule has 0 saturated heterocycles. The van der Waals surface area contributed by atoms with Gasteiger partial charge in [-0.3, -0.25) is 14.4 Å². The summed E-state index contributed by atoms with van der Waals surface area (Å²) in [5, 5.41) is 11.4. The average Bonchev–Trinajstić information content (AvgIpc) is 2.61. The summed E-state index contributed by atoms with van der Waals surface area (Å²) in [5.74, 6) is -0.866. The lowest BCUT2D eigenvalue weighted by Crippen LogP contribution is -2.23. The highest BCUT2D eigenvalue weighted by molar-refractivity contribution is 8.00. The number of aromatic amines is 1. The van der Waals surface area contributed by atoms with Crippen LogP contribution in [-0.4, -0.2) is 34.2 Å². The number of aromatic nitrogens is 2. The summed E-state index contributed by atoms with van der Waals surface area (Å²) in [6, 6.07) is 7.68. The fourth-order valence-corrected chi connectivity index (χ4v) is 3.05. The van der Waals surface area contributed by atoms with Gasteiger partial charge in [0.25, 0.3) is 5.56 Å². The van der Waals surface area contributed by atoms with Gasteiger partial charge in [0.15, 0.2) is 5.16 Å². The minimum atomic E-state index is -0.601. The molecule has 1 heterocycles. The number of benzene rings is 1. The Morgan fingerprint density at radius 2 is 2.19 bits per heavy atom. The van der Waals surface area contributed by atoms with E-state index in [0.717, 1.165) is 11.8 Å². The number of carbonyl (C=O) groups excluding carboxylic acids is 2. The molecule has 2 rings (SSSR count). The molecule has 0 spiro atoms. The van der Waals surface area contributed by atoms with Gasteiger partial charge in [-0.05, 0) is 25.1 Å². The summed E-state index contributed by atoms with van der Waals surface area (Å²) in [6.45, 7) is 1.64. The maximum atomic E-state index is 12.3. The number of nitriles is 1. The van der Waals surface area contributed by atoms with E-state index >= 15 is 0 Å². The monoisotopic (exact) mass is 406 g/mol. The van der Waals surface area contributed by atoms with Crippen LogP contribution in [0.25, 0.3) is 0 Å². The molecule has 0 fully saturated rings. The lowest BCUT2D eigenvalue weighted by atomic mass is 10.2. The number of hydrogen-bond acceptors (Lipinski definition) is 7. The van der Waals surface area contributed by atoms with Crippen LogP contribution in [0, 0.1) is 11.3 Å². The van der Waals surface area contributed by atoms with Crippen molar-refractivity contribution >= 4 is 40.9 Å². The molecule has 0 radical (unpaired) electrons. The number of carbonyl (C=O) groups is 2. The molecule has 1 aromatic carbocycles. The Labute approximate surface area is 163 Å². The normalized spacial score (nSPS) is 11.3. The predicted octanol–water partition coefficient (Wildman–Crippen LogP) is 2.13. The summed E-state index contributed by atoms with van der Waals surface area (Å²) in [5.41, 5.74) is 0.566. The van der Waals surface area contributed by atoms with E-state index in [2.05, 4.69) is 20.0 Å². The Morgan fingerprint density at radius 1 is 1.44 bits per heavy atom. The minimum absolute atomic E-state index is 0.141. The van der Waals surface area contributed by atoms with Crippen LogP contribution in [0.3, 0.4) is 0 Å². The van der Waals surface area contributed by atoms with Gasteiger partial charge in [0.1, 0.15) is 6.07 Å². The van der Waals surface area contributed by atoms with Gasteiger partial charge in [0.05, 0.1) is 35.1 Å². The van der Waals surface area contributed by atoms with Gasteiger partial charge in [-0.2, -0.15) is 5.26 Å². The zero-order valence-electron chi connectivity index (χ0n) is 14.4. The fraction of sp³-hybridized carbons (Fsp3) is 0.235. The molecule has 0 bridgehead atoms. The van der Waals surface area contributed by atoms with E-state index < -0.39 is 16.8 Å². The summed E-state index contributed by atoms with van der Waals surface area (Å²) >= 11 is 6.97. The van der Waals surface area contributed by atoms with Gasteiger partial charge in [0, 0.05) is 11.8 Å². The maximum absolute atomic E-state index is 12.3. The number of nitrogens with zero attached hydrogens (tertiary/aromatic N) is 2. The number of amides is 1. The Morgan fingerprint density at radius 3 is 2.81 bits per heavy atom. The number of hydrogen-bond donors (Lipinski definition) is 2. The number of methoxy groups -OCH3 is 1. The van der Waals surface area contributed by atoms with Crippen LogP contribution in [0.4, 0.5) is 5.69 Å². The molecule has 1 amide bonds. The molecule has 2 N–H and O–H groups in total. The lowest BCUT2D eigenvalue weighted by Gasteiger charge is -2.12. The van der Waals surface area contributed by atoms with Crippen molar-refractivity contribution in [3.05, 3.63) is 50.9 Å². The first kappa shape index (κ1) is 20.5. The van der Waals surface area contributed by atoms with E-state index in [1.54, 1.807) is 13.0 Å². The lowest BCUT2D eigenvalue weighted by molar-refractivity contribution is -0.139. The van der Waals surface area contributed by atoms with Gasteiger partial charge in [-0.25, -0.2) is 4.98 Å². The highest BCUT2D eigenvalue weighted by Crippen LogP contribution is 2.23. The van der Waals surface area contributed by atoms with Crippen molar-refractivity contribution in [1.29, 1.82) is 5.26 Å². The number of ether oxygens (including phenoxy) is 1. The maximum Gasteiger partial charge on any atom is 0.311 e. The van der Waals surface area contributed by atoms with Crippen LogP contribution in [0.1, 0.15) is 18.2 Å². The number of anilines is 1. The second-order valence-corrected chi connectivity index (χ2v) is 7.09. The molecule has 1 atom stereocenters. The van der Waals surface area contributed by atoms with E-state index in [1.807, 2.05) is 6.07 Å². The first-order chi connectivity index (χ1) is 12.8. The van der Waals surface area contributed by atoms with E-state index in [9.17, 15) is 14.4 Å². The van der Waals surface area contributed by atoms with Gasteiger partial charge in [0.2, 0.25) is 5.91 Å². The number of rotatable bonds is 6. The second kappa shape index (κ2) is 9.21. The SMILES string of the molecule is COC(=O)Cc1cc(=O)[nH]c(S[C@@H](C)C(=O)Nc2ccc(C#N)c(Cl)c2)n1. The number of halogens is 1. The highest BCUT2D eigenvalue weighted by Gasteiger charge is 2.17. The molecule has 0 aliphatic heterocycles. The Kier molecular flexibility index (Phi) is 6.98. The van der Waals surface area contributed by atoms with Crippen LogP contribution in [0.5, 0.6) is 0 Å². The molecule has 2 aromatic rings. The fourth-order valence-electron chi connectivity index (χ4n) is 2.00. The smallest absolute Gasteiger partial charge is 0.311 e. The van der Waals surface area contributed by atoms with Crippen LogP contribution in [-0.2, 0) is 20.7 Å². The largest absolute Gasteiger partial charge is 0.469 e. The first-order valence-corrected chi connectivity index (χ1v) is 8.92. The van der Waals surface area contributed by atoms with Crippen molar-refractivity contribution < 1.29 is 14.3 Å². The van der Waals surface area contributed by atoms with Crippen molar-refractivity contribution in [3.8, 4) is 6.07 Å². The van der Waals surface area contributed by atoms with Crippen molar-refractivity contribution in [2.75, 3.05) is 12.4 Å². The second-order valence-electron chi connectivity index (χ2n) is 5.35. The number of nitrogens with one attached hydrogen (secondary N) is 2. The standard InChI is InChI=1S/C17H15ClN4O4S/c1-9(16(25)20-11-4-3-10(8-19)13(18)5-11)27-17-21-12(6-14(23)22-17)7-15(24)26-2/h3-6,9H,7H2,1-2H3,(H,20,25)(H,21,22,23)/t9-/m0/s1. The summed E-state index contributed by atoms with van der Waals surface area (Å²) < 4.78 is 4.55. The molecule has 8 nitrogen and oxygen atoms in total. The quantitative estimate of drug-likeness (QED) is 0.427. The molecular formula is C17H15ClN4O4S. The van der Waals surface area contributed by atoms with Crippen molar-refractivity contribution in [2.24, 2.45) is 0 Å². The Balaban J connectivity index is 2.08. The van der Waals surface area contributed by atoms with Crippen LogP contribution >= 0.6 is 23.4 Å². The van der Waals surface area contributed by atoms with Crippen molar-refractivity contribution in [1.82, 2.24) is 9.97 Å². The highest BCUT2D eigenvalue weighted by atomic mass is 35.5. The molecule has 27 heavy (non-hydrogen) atoms. The topological polar surface area (TPSA) is 125 Å². The van der Waals surface area contributed by atoms with E-state index in [4.69, 9.17) is 16.9 Å². The number of thioether (sulfide) groups is 1. The third-order valence-electron chi connectivity index (χ3n) is 3.34. The Hall–Kier alpha value is -2.83. The van der Waals surface area contributed by atoms with E-state index in [1.165, 1.54) is 25.3 Å². The van der Waals surface area contributed by atoms with Crippen LogP contribution in [0.15, 0.2) is 34.2 Å². The summed E-state index contributed by atoms with van der Waals surface area (Å²) in [6.07, 6.45) is -0.141. The number of H-pyrrole nitrogens is 1. The van der Waals surface area contributed by atoms with E-state index in [0.29, 0.717) is 11.3 Å². The molecule has 0 aliphatic carbocycles. The third kappa shape index (κ3) is 5.84. The van der Waals surface area contributed by atoms with Crippen LogP contribution < -0.4 is 10.9 Å². The predicted molar refractivity (Wildman–Crippen MR) is 101 cm³/mol. The van der Waals surface area contributed by atoms with Gasteiger partial charge in [-0.1, -0.05) is 23.4 Å². The molecule has 0 saturated carbocycles. The van der Waals surface area contributed by atoms with Crippen LogP contribution in [0.2, 0.25) is 5.02 Å². The van der Waals surface area contributed by atoms with Gasteiger partial charge in [-0.15, -0.1) is 0 Å². The van der Waals surface area contributed by atoms with Crippen molar-refractivity contribution in [3.63, 3.8) is 0 Å². The summed E-state index contributed by atoms with van der Waals surface area (Å²) in [7, 11) is 1.24. The molecule has 0 unspecified atom stereocenters. The van der Waals surface area contributed by atoms with Gasteiger partial charge < -0.3 is 15.0 Å². The Bertz CT molecular complexity index is 970. The molecule has 0 aliphatic rings. The van der Waals surface area contributed by atoms with Gasteiger partial charge >= 0.3 is 5.97 Å². The molecule has 1 aromatic heterocycles. The zero-order valence-corrected chi connectivity index (χ0v) is 16.0. The minimum Gasteiger partial charge on any atom is -0.469 e. The number of esters is 1. The summed E-state index contributed by atoms with van der Waals surface area (Å²) in [4.78, 5) is 42.1. The van der Waals surface area contributed by atoms with Crippen molar-refractivity contribution in [2.45, 2.75) is 23.8 Å². The average molecular weight is 407 g/mol. The first-order valence-electron chi connectivity index (χ1n) is 7.66. The molecule has 140 valence electrons. The third-order valence-corrected chi connectivity index (χ3v) is 4.64. The van der Waals surface area contributed by atoms with E-state index in [-0.39, 0.29) is 28.2 Å². The molecule has 10 heteroatoms.